The van der Waals surface area contributed by atoms with E-state index in [9.17, 15) is 8.78 Å². The molecule has 0 aliphatic carbocycles. The van der Waals surface area contributed by atoms with Gasteiger partial charge in [-0.05, 0) is 24.3 Å². The van der Waals surface area contributed by atoms with Gasteiger partial charge in [-0.1, -0.05) is 24.3 Å². The zero-order valence-electron chi connectivity index (χ0n) is 13.7. The molecule has 0 saturated carbocycles. The summed E-state index contributed by atoms with van der Waals surface area (Å²) < 4.78 is 32.0. The Morgan fingerprint density at radius 3 is 2.69 bits per heavy atom. The zero-order chi connectivity index (χ0) is 18.4. The summed E-state index contributed by atoms with van der Waals surface area (Å²) in [6, 6.07) is 16.5. The zero-order valence-corrected chi connectivity index (χ0v) is 13.7. The number of nitrogens with one attached hydrogen (secondary N) is 1. The van der Waals surface area contributed by atoms with Crippen LogP contribution in [0, 0.1) is 0 Å². The van der Waals surface area contributed by atoms with Gasteiger partial charge in [0.15, 0.2) is 5.96 Å². The Hall–Kier alpha value is -3.42. The molecule has 0 saturated heterocycles. The summed E-state index contributed by atoms with van der Waals surface area (Å²) in [5.74, 6) is 1.56. The number of para-hydroxylation sites is 1. The largest absolute Gasteiger partial charge is 0.457 e. The first-order valence-corrected chi connectivity index (χ1v) is 7.81. The Kier molecular flexibility index (Phi) is 5.43. The second-order valence-corrected chi connectivity index (χ2v) is 5.30. The third kappa shape index (κ3) is 4.56. The van der Waals surface area contributed by atoms with E-state index in [1.54, 1.807) is 18.2 Å². The molecule has 0 amide bonds. The molecule has 0 bridgehead atoms. The lowest BCUT2D eigenvalue weighted by Gasteiger charge is -2.09. The molecular formula is C18H17F2N5O. The number of aliphatic imine (C=N–C) groups is 1. The average Bonchev–Trinajstić information content (AvgIpc) is 3.10. The number of nitrogens with zero attached hydrogens (tertiary/aromatic N) is 3. The molecule has 8 heteroatoms. The van der Waals surface area contributed by atoms with Crippen LogP contribution in [0.3, 0.4) is 0 Å². The SMILES string of the molecule is NC(=NCc1nccn1C(F)F)Nc1cccc(Oc2ccccc2)c1. The predicted molar refractivity (Wildman–Crippen MR) is 95.4 cm³/mol. The van der Waals surface area contributed by atoms with Crippen molar-refractivity contribution in [1.82, 2.24) is 9.55 Å². The molecule has 134 valence electrons. The smallest absolute Gasteiger partial charge is 0.319 e. The molecule has 2 aromatic carbocycles. The first-order valence-electron chi connectivity index (χ1n) is 7.81. The summed E-state index contributed by atoms with van der Waals surface area (Å²) in [7, 11) is 0. The highest BCUT2D eigenvalue weighted by atomic mass is 19.3. The molecule has 0 aliphatic heterocycles. The molecule has 0 atom stereocenters. The number of hydrogen-bond donors (Lipinski definition) is 2. The third-order valence-corrected chi connectivity index (χ3v) is 3.44. The monoisotopic (exact) mass is 357 g/mol. The van der Waals surface area contributed by atoms with Crippen LogP contribution in [-0.4, -0.2) is 15.5 Å². The van der Waals surface area contributed by atoms with E-state index in [0.29, 0.717) is 17.2 Å². The second-order valence-electron chi connectivity index (χ2n) is 5.30. The minimum atomic E-state index is -2.66. The van der Waals surface area contributed by atoms with Gasteiger partial charge in [0.05, 0.1) is 0 Å². The van der Waals surface area contributed by atoms with Gasteiger partial charge in [0.1, 0.15) is 23.9 Å². The summed E-state index contributed by atoms with van der Waals surface area (Å²) in [6.45, 7) is -2.72. The number of imidazole rings is 1. The van der Waals surface area contributed by atoms with Gasteiger partial charge < -0.3 is 15.8 Å². The summed E-state index contributed by atoms with van der Waals surface area (Å²) in [4.78, 5) is 7.89. The number of anilines is 1. The number of rotatable bonds is 6. The van der Waals surface area contributed by atoms with Gasteiger partial charge >= 0.3 is 6.55 Å². The lowest BCUT2D eigenvalue weighted by Crippen LogP contribution is -2.22. The molecule has 6 nitrogen and oxygen atoms in total. The normalized spacial score (nSPS) is 11.6. The van der Waals surface area contributed by atoms with E-state index in [-0.39, 0.29) is 18.3 Å². The first-order chi connectivity index (χ1) is 12.6. The number of nitrogens with two attached hydrogens (primary N) is 1. The number of halogens is 2. The van der Waals surface area contributed by atoms with Crippen molar-refractivity contribution >= 4 is 11.6 Å². The minimum Gasteiger partial charge on any atom is -0.457 e. The van der Waals surface area contributed by atoms with Gasteiger partial charge in [-0.15, -0.1) is 0 Å². The van der Waals surface area contributed by atoms with Crippen LogP contribution in [0.15, 0.2) is 72.0 Å². The van der Waals surface area contributed by atoms with Crippen LogP contribution >= 0.6 is 0 Å². The molecule has 3 N–H and O–H groups in total. The van der Waals surface area contributed by atoms with E-state index in [4.69, 9.17) is 10.5 Å². The number of aromatic nitrogens is 2. The highest BCUT2D eigenvalue weighted by Crippen LogP contribution is 2.23. The molecule has 1 aromatic heterocycles. The van der Waals surface area contributed by atoms with Crippen molar-refractivity contribution in [2.45, 2.75) is 13.1 Å². The van der Waals surface area contributed by atoms with Gasteiger partial charge in [0.2, 0.25) is 0 Å². The van der Waals surface area contributed by atoms with Crippen LogP contribution in [0.4, 0.5) is 14.5 Å². The van der Waals surface area contributed by atoms with E-state index in [2.05, 4.69) is 15.3 Å². The molecule has 1 heterocycles. The van der Waals surface area contributed by atoms with E-state index < -0.39 is 6.55 Å². The number of hydrogen-bond acceptors (Lipinski definition) is 3. The molecule has 0 radical (unpaired) electrons. The van der Waals surface area contributed by atoms with Crippen LogP contribution in [-0.2, 0) is 6.54 Å². The number of ether oxygens (including phenoxy) is 1. The van der Waals surface area contributed by atoms with Crippen molar-refractivity contribution in [3.8, 4) is 11.5 Å². The lowest BCUT2D eigenvalue weighted by molar-refractivity contribution is 0.0671. The molecule has 0 spiro atoms. The molecule has 0 unspecified atom stereocenters. The maximum absolute atomic E-state index is 12.8. The van der Waals surface area contributed by atoms with E-state index in [1.165, 1.54) is 12.4 Å². The van der Waals surface area contributed by atoms with Gasteiger partial charge in [-0.2, -0.15) is 8.78 Å². The van der Waals surface area contributed by atoms with Crippen LogP contribution in [0.1, 0.15) is 12.4 Å². The standard InChI is InChI=1S/C18H17F2N5O/c19-17(20)25-10-9-22-16(25)12-23-18(21)24-13-5-4-8-15(11-13)26-14-6-2-1-3-7-14/h1-11,17H,12H2,(H3,21,23,24). The topological polar surface area (TPSA) is 77.5 Å². The Balaban J connectivity index is 1.64. The van der Waals surface area contributed by atoms with Crippen molar-refractivity contribution in [3.05, 3.63) is 72.8 Å². The highest BCUT2D eigenvalue weighted by molar-refractivity contribution is 5.92. The maximum atomic E-state index is 12.8. The number of guanidine groups is 1. The Bertz CT molecular complexity index is 880. The van der Waals surface area contributed by atoms with Crippen LogP contribution < -0.4 is 15.8 Å². The summed E-state index contributed by atoms with van der Waals surface area (Å²) >= 11 is 0. The van der Waals surface area contributed by atoms with Crippen molar-refractivity contribution in [2.24, 2.45) is 10.7 Å². The fraction of sp³-hybridized carbons (Fsp3) is 0.111. The van der Waals surface area contributed by atoms with Crippen LogP contribution in [0.5, 0.6) is 11.5 Å². The second kappa shape index (κ2) is 8.11. The minimum absolute atomic E-state index is 0.0591. The van der Waals surface area contributed by atoms with Crippen molar-refractivity contribution in [3.63, 3.8) is 0 Å². The molecular weight excluding hydrogens is 340 g/mol. The third-order valence-electron chi connectivity index (χ3n) is 3.44. The maximum Gasteiger partial charge on any atom is 0.319 e. The summed E-state index contributed by atoms with van der Waals surface area (Å²) in [5, 5.41) is 2.90. The van der Waals surface area contributed by atoms with Gasteiger partial charge in [-0.25, -0.2) is 9.98 Å². The number of benzene rings is 2. The van der Waals surface area contributed by atoms with E-state index in [0.717, 1.165) is 4.57 Å². The summed E-state index contributed by atoms with van der Waals surface area (Å²) in [6.07, 6.45) is 2.49. The van der Waals surface area contributed by atoms with Crippen LogP contribution in [0.25, 0.3) is 0 Å². The Morgan fingerprint density at radius 1 is 1.15 bits per heavy atom. The fourth-order valence-electron chi connectivity index (χ4n) is 2.25. The van der Waals surface area contributed by atoms with E-state index in [1.807, 2.05) is 36.4 Å². The first kappa shape index (κ1) is 17.4. The highest BCUT2D eigenvalue weighted by Gasteiger charge is 2.10. The Morgan fingerprint density at radius 2 is 1.92 bits per heavy atom. The van der Waals surface area contributed by atoms with Crippen molar-refractivity contribution in [1.29, 1.82) is 0 Å². The lowest BCUT2D eigenvalue weighted by atomic mass is 10.3. The van der Waals surface area contributed by atoms with Crippen LogP contribution in [0.2, 0.25) is 0 Å². The number of alkyl halides is 2. The average molecular weight is 357 g/mol. The van der Waals surface area contributed by atoms with E-state index >= 15 is 0 Å². The molecule has 3 rings (SSSR count). The molecule has 0 aliphatic rings. The quantitative estimate of drug-likeness (QED) is 0.516. The van der Waals surface area contributed by atoms with Gasteiger partial charge in [0, 0.05) is 24.1 Å². The van der Waals surface area contributed by atoms with Crippen molar-refractivity contribution < 1.29 is 13.5 Å². The predicted octanol–water partition coefficient (Wildman–Crippen LogP) is 4.00. The molecule has 26 heavy (non-hydrogen) atoms. The molecule has 0 fully saturated rings. The van der Waals surface area contributed by atoms with Gasteiger partial charge in [-0.3, -0.25) is 4.57 Å². The fourth-order valence-corrected chi connectivity index (χ4v) is 2.25. The van der Waals surface area contributed by atoms with Gasteiger partial charge in [0.25, 0.3) is 0 Å². The Labute approximate surface area is 149 Å². The molecule has 3 aromatic rings. The summed E-state index contributed by atoms with van der Waals surface area (Å²) in [5.41, 5.74) is 6.49. The van der Waals surface area contributed by atoms with Crippen molar-refractivity contribution in [2.75, 3.05) is 5.32 Å².